The normalized spacial score (nSPS) is 11.9. The molecule has 0 aromatic rings. The van der Waals surface area contributed by atoms with Crippen LogP contribution in [0.15, 0.2) is 0 Å². The van der Waals surface area contributed by atoms with Crippen LogP contribution < -0.4 is 0 Å². The molecule has 0 N–H and O–H groups in total. The highest BCUT2D eigenvalue weighted by Crippen LogP contribution is 2.13. The summed E-state index contributed by atoms with van der Waals surface area (Å²) in [6.45, 7) is 1.05. The Balaban J connectivity index is 3.93. The van der Waals surface area contributed by atoms with E-state index in [1.165, 1.54) is 26.0 Å². The predicted molar refractivity (Wildman–Crippen MR) is 67.6 cm³/mol. The van der Waals surface area contributed by atoms with E-state index in [9.17, 15) is 9.59 Å². The maximum Gasteiger partial charge on any atom is 0.319 e. The standard InChI is InChI=1S/C11H20O6S/c1-14-4-6-16-10(12)8-9(18-3)11(13)17-7-5-15-2/h9H,4-8H2,1-3H3. The first kappa shape index (κ1) is 17.2. The van der Waals surface area contributed by atoms with Gasteiger partial charge in [-0.3, -0.25) is 9.59 Å². The van der Waals surface area contributed by atoms with Crippen LogP contribution in [0.1, 0.15) is 6.42 Å². The van der Waals surface area contributed by atoms with E-state index in [-0.39, 0.29) is 19.6 Å². The zero-order valence-corrected chi connectivity index (χ0v) is 11.8. The summed E-state index contributed by atoms with van der Waals surface area (Å²) >= 11 is 1.26. The number of hydrogen-bond acceptors (Lipinski definition) is 7. The van der Waals surface area contributed by atoms with Gasteiger partial charge in [0.15, 0.2) is 0 Å². The van der Waals surface area contributed by atoms with Gasteiger partial charge in [-0.25, -0.2) is 0 Å². The Hall–Kier alpha value is -0.790. The number of ether oxygens (including phenoxy) is 4. The minimum absolute atomic E-state index is 0.00328. The number of esters is 2. The minimum Gasteiger partial charge on any atom is -0.463 e. The van der Waals surface area contributed by atoms with Crippen LogP contribution in [0, 0.1) is 0 Å². The van der Waals surface area contributed by atoms with Crippen molar-refractivity contribution in [2.24, 2.45) is 0 Å². The van der Waals surface area contributed by atoms with Gasteiger partial charge in [-0.05, 0) is 6.26 Å². The molecule has 0 rings (SSSR count). The number of rotatable bonds is 10. The first-order valence-electron chi connectivity index (χ1n) is 5.48. The molecule has 0 aliphatic heterocycles. The second-order valence-corrected chi connectivity index (χ2v) is 4.34. The monoisotopic (exact) mass is 280 g/mol. The molecule has 1 unspecified atom stereocenters. The van der Waals surface area contributed by atoms with Crippen molar-refractivity contribution in [1.82, 2.24) is 0 Å². The van der Waals surface area contributed by atoms with Gasteiger partial charge < -0.3 is 18.9 Å². The molecule has 0 radical (unpaired) electrons. The molecule has 7 heteroatoms. The summed E-state index contributed by atoms with van der Waals surface area (Å²) in [5.74, 6) is -0.863. The molecule has 1 atom stereocenters. The minimum atomic E-state index is -0.545. The fourth-order valence-corrected chi connectivity index (χ4v) is 1.59. The fraction of sp³-hybridized carbons (Fsp3) is 0.818. The number of thioether (sulfide) groups is 1. The fourth-order valence-electron chi connectivity index (χ4n) is 1.03. The molecule has 106 valence electrons. The third kappa shape index (κ3) is 8.32. The second-order valence-electron chi connectivity index (χ2n) is 3.30. The first-order valence-corrected chi connectivity index (χ1v) is 6.77. The van der Waals surface area contributed by atoms with Gasteiger partial charge in [-0.2, -0.15) is 0 Å². The van der Waals surface area contributed by atoms with Crippen LogP contribution in [0.25, 0.3) is 0 Å². The number of methoxy groups -OCH3 is 2. The third-order valence-corrected chi connectivity index (χ3v) is 2.91. The van der Waals surface area contributed by atoms with Crippen molar-refractivity contribution in [1.29, 1.82) is 0 Å². The topological polar surface area (TPSA) is 71.1 Å². The molecule has 0 heterocycles. The Bertz CT molecular complexity index is 246. The van der Waals surface area contributed by atoms with Crippen molar-refractivity contribution >= 4 is 23.7 Å². The second kappa shape index (κ2) is 11.3. The van der Waals surface area contributed by atoms with E-state index in [1.54, 1.807) is 6.26 Å². The predicted octanol–water partition coefficient (Wildman–Crippen LogP) is 0.487. The summed E-state index contributed by atoms with van der Waals surface area (Å²) in [5.41, 5.74) is 0. The van der Waals surface area contributed by atoms with Crippen molar-refractivity contribution in [3.05, 3.63) is 0 Å². The first-order chi connectivity index (χ1) is 8.65. The summed E-state index contributed by atoms with van der Waals surface area (Å²) < 4.78 is 19.3. The van der Waals surface area contributed by atoms with Crippen molar-refractivity contribution in [3.63, 3.8) is 0 Å². The van der Waals surface area contributed by atoms with Crippen LogP contribution >= 0.6 is 11.8 Å². The molecule has 0 aromatic carbocycles. The molecule has 0 amide bonds. The smallest absolute Gasteiger partial charge is 0.319 e. The highest BCUT2D eigenvalue weighted by molar-refractivity contribution is 7.99. The van der Waals surface area contributed by atoms with Gasteiger partial charge in [-0.1, -0.05) is 0 Å². The van der Waals surface area contributed by atoms with E-state index in [0.29, 0.717) is 13.2 Å². The highest BCUT2D eigenvalue weighted by atomic mass is 32.2. The average molecular weight is 280 g/mol. The maximum atomic E-state index is 11.6. The number of hydrogen-bond donors (Lipinski definition) is 0. The van der Waals surface area contributed by atoms with Gasteiger partial charge in [0.2, 0.25) is 0 Å². The zero-order chi connectivity index (χ0) is 13.8. The van der Waals surface area contributed by atoms with Crippen molar-refractivity contribution in [3.8, 4) is 0 Å². The summed E-state index contributed by atoms with van der Waals surface area (Å²) in [7, 11) is 3.04. The molecule has 0 aliphatic carbocycles. The lowest BCUT2D eigenvalue weighted by Crippen LogP contribution is -2.25. The molecule has 0 fully saturated rings. The SMILES string of the molecule is COCCOC(=O)CC(SC)C(=O)OCCOC. The molecule has 18 heavy (non-hydrogen) atoms. The van der Waals surface area contributed by atoms with E-state index in [4.69, 9.17) is 18.9 Å². The molecular formula is C11H20O6S. The summed E-state index contributed by atoms with van der Waals surface area (Å²) in [6, 6.07) is 0. The largest absolute Gasteiger partial charge is 0.463 e. The summed E-state index contributed by atoms with van der Waals surface area (Å²) in [6.07, 6.45) is 1.74. The van der Waals surface area contributed by atoms with E-state index >= 15 is 0 Å². The zero-order valence-electron chi connectivity index (χ0n) is 11.0. The lowest BCUT2D eigenvalue weighted by molar-refractivity contribution is -0.151. The molecule has 0 saturated heterocycles. The Morgan fingerprint density at radius 1 is 1.00 bits per heavy atom. The number of carbonyl (C=O) groups excluding carboxylic acids is 2. The third-order valence-electron chi connectivity index (χ3n) is 1.98. The number of carbonyl (C=O) groups is 2. The Kier molecular flexibility index (Phi) is 10.8. The van der Waals surface area contributed by atoms with E-state index in [1.807, 2.05) is 0 Å². The Morgan fingerprint density at radius 3 is 2.06 bits per heavy atom. The quantitative estimate of drug-likeness (QED) is 0.426. The van der Waals surface area contributed by atoms with E-state index in [0.717, 1.165) is 0 Å². The lowest BCUT2D eigenvalue weighted by atomic mass is 10.3. The molecule has 0 aromatic heterocycles. The Labute approximate surface area is 111 Å². The molecule has 6 nitrogen and oxygen atoms in total. The Morgan fingerprint density at radius 2 is 1.56 bits per heavy atom. The molecular weight excluding hydrogens is 260 g/mol. The van der Waals surface area contributed by atoms with Crippen LogP contribution in [0.2, 0.25) is 0 Å². The van der Waals surface area contributed by atoms with Crippen molar-refractivity contribution in [2.75, 3.05) is 46.9 Å². The highest BCUT2D eigenvalue weighted by Gasteiger charge is 2.23. The molecule has 0 spiro atoms. The lowest BCUT2D eigenvalue weighted by Gasteiger charge is -2.13. The van der Waals surface area contributed by atoms with Crippen molar-refractivity contribution in [2.45, 2.75) is 11.7 Å². The average Bonchev–Trinajstić information content (AvgIpc) is 2.36. The molecule has 0 bridgehead atoms. The summed E-state index contributed by atoms with van der Waals surface area (Å²) in [4.78, 5) is 23.0. The van der Waals surface area contributed by atoms with Crippen molar-refractivity contribution < 1.29 is 28.5 Å². The van der Waals surface area contributed by atoms with Crippen LogP contribution in [-0.2, 0) is 28.5 Å². The van der Waals surface area contributed by atoms with Gasteiger partial charge in [0.1, 0.15) is 18.5 Å². The van der Waals surface area contributed by atoms with Gasteiger partial charge >= 0.3 is 11.9 Å². The van der Waals surface area contributed by atoms with E-state index in [2.05, 4.69) is 0 Å². The van der Waals surface area contributed by atoms with Gasteiger partial charge in [-0.15, -0.1) is 11.8 Å². The van der Waals surface area contributed by atoms with Crippen LogP contribution in [0.3, 0.4) is 0 Å². The van der Waals surface area contributed by atoms with Gasteiger partial charge in [0.05, 0.1) is 19.6 Å². The maximum absolute atomic E-state index is 11.6. The molecule has 0 saturated carbocycles. The van der Waals surface area contributed by atoms with Crippen LogP contribution in [0.5, 0.6) is 0 Å². The van der Waals surface area contributed by atoms with Gasteiger partial charge in [0.25, 0.3) is 0 Å². The summed E-state index contributed by atoms with van der Waals surface area (Å²) in [5, 5.41) is -0.545. The van der Waals surface area contributed by atoms with Crippen LogP contribution in [0.4, 0.5) is 0 Å². The van der Waals surface area contributed by atoms with Crippen LogP contribution in [-0.4, -0.2) is 64.1 Å². The van der Waals surface area contributed by atoms with E-state index < -0.39 is 17.2 Å². The molecule has 0 aliphatic rings. The van der Waals surface area contributed by atoms with Gasteiger partial charge in [0, 0.05) is 14.2 Å².